The van der Waals surface area contributed by atoms with Crippen LogP contribution in [0.25, 0.3) is 0 Å². The van der Waals surface area contributed by atoms with Gasteiger partial charge in [0.1, 0.15) is 18.3 Å². The molecule has 14 nitrogen and oxygen atoms in total. The number of cyclic esters (lactones) is 1. The average Bonchev–Trinajstić information content (AvgIpc) is 3.88. The number of epoxide rings is 1. The van der Waals surface area contributed by atoms with Crippen molar-refractivity contribution in [2.24, 2.45) is 23.7 Å². The van der Waals surface area contributed by atoms with E-state index >= 15 is 0 Å². The lowest BCUT2D eigenvalue weighted by atomic mass is 9.72. The fourth-order valence-electron chi connectivity index (χ4n) is 9.83. The van der Waals surface area contributed by atoms with E-state index in [0.717, 1.165) is 0 Å². The fraction of sp³-hybridized carbons (Fsp3) is 0.974. The van der Waals surface area contributed by atoms with Crippen LogP contribution in [0, 0.1) is 23.7 Å². The molecule has 4 aliphatic rings. The standard InChI is InChI=1S/C39H72N2O12/c1-15-27-39(19-48-39)32(43)22(4)29(41(12)13)20(2)17-37(8,46)34(53-36-30(42)26(40(10)11)16-21(3)49-36)23(5)31(24(6)35(45)51-27)52-28-18-38(9,47-14)33(44)25(7)50-28/h20-34,36,42-44,46H,15-19H2,1-14H3/t20-,21-,22+,23+,24-,25+,26+,27-,28+,29-,30-,31+,32-,33+,34-,36-,37+,38-,39-/m1/s1. The number of carbonyl (C=O) groups excluding carboxylic acids is 1. The van der Waals surface area contributed by atoms with Crippen LogP contribution in [0.5, 0.6) is 0 Å². The number of ether oxygens (including phenoxy) is 7. The van der Waals surface area contributed by atoms with Crippen molar-refractivity contribution in [2.45, 2.75) is 178 Å². The van der Waals surface area contributed by atoms with Gasteiger partial charge in [-0.25, -0.2) is 0 Å². The molecule has 0 amide bonds. The molecular formula is C39H72N2O12. The maximum atomic E-state index is 14.3. The van der Waals surface area contributed by atoms with E-state index in [1.165, 1.54) is 7.11 Å². The molecule has 53 heavy (non-hydrogen) atoms. The molecule has 310 valence electrons. The molecule has 0 aromatic heterocycles. The van der Waals surface area contributed by atoms with Gasteiger partial charge in [0, 0.05) is 37.5 Å². The molecule has 19 atom stereocenters. The van der Waals surface area contributed by atoms with Crippen LogP contribution in [0.4, 0.5) is 0 Å². The summed E-state index contributed by atoms with van der Waals surface area (Å²) in [6.07, 6.45) is -7.14. The zero-order chi connectivity index (χ0) is 40.0. The van der Waals surface area contributed by atoms with Gasteiger partial charge in [-0.3, -0.25) is 4.79 Å². The minimum atomic E-state index is -1.57. The van der Waals surface area contributed by atoms with Crippen LogP contribution in [0.2, 0.25) is 0 Å². The summed E-state index contributed by atoms with van der Waals surface area (Å²) in [6.45, 7) is 16.9. The first kappa shape index (κ1) is 44.7. The minimum Gasteiger partial charge on any atom is -0.459 e. The SMILES string of the molecule is CC[C@H]1OC(=O)[C@H](C)[C@@H](O[C@H]2C[C@@](C)(OC)[C@@H](O)[C@H](C)O2)[C@H](C)[C@@H](O[C@H]2O[C@H](C)C[C@H](N(C)C)[C@H]2O)[C@@](C)(O)C[C@@H](C)[C@@H](N(C)C)[C@H](C)[C@@H](O)[C@@]12CO2. The lowest BCUT2D eigenvalue weighted by Gasteiger charge is -2.49. The summed E-state index contributed by atoms with van der Waals surface area (Å²) in [7, 11) is 9.23. The van der Waals surface area contributed by atoms with Crippen LogP contribution in [-0.2, 0) is 38.0 Å². The average molecular weight is 761 g/mol. The number of hydrogen-bond donors (Lipinski definition) is 4. The third-order valence-corrected chi connectivity index (χ3v) is 12.9. The maximum absolute atomic E-state index is 14.3. The molecule has 4 N–H and O–H groups in total. The summed E-state index contributed by atoms with van der Waals surface area (Å²) in [5.74, 6) is -2.71. The van der Waals surface area contributed by atoms with Crippen LogP contribution in [0.3, 0.4) is 0 Å². The van der Waals surface area contributed by atoms with Crippen LogP contribution in [0.15, 0.2) is 0 Å². The van der Waals surface area contributed by atoms with Gasteiger partial charge < -0.3 is 63.4 Å². The molecule has 14 heteroatoms. The number of nitrogens with zero attached hydrogens (tertiary/aromatic N) is 2. The summed E-state index contributed by atoms with van der Waals surface area (Å²) >= 11 is 0. The Morgan fingerprint density at radius 3 is 2.04 bits per heavy atom. The zero-order valence-corrected chi connectivity index (χ0v) is 34.7. The second-order valence-corrected chi connectivity index (χ2v) is 17.7. The van der Waals surface area contributed by atoms with E-state index in [0.29, 0.717) is 12.8 Å². The molecule has 0 aromatic carbocycles. The maximum Gasteiger partial charge on any atom is 0.311 e. The Hall–Kier alpha value is -1.01. The van der Waals surface area contributed by atoms with Crippen molar-refractivity contribution in [2.75, 3.05) is 41.9 Å². The highest BCUT2D eigenvalue weighted by atomic mass is 16.7. The summed E-state index contributed by atoms with van der Waals surface area (Å²) < 4.78 is 44.0. The van der Waals surface area contributed by atoms with Gasteiger partial charge in [-0.15, -0.1) is 0 Å². The van der Waals surface area contributed by atoms with Gasteiger partial charge >= 0.3 is 5.97 Å². The Morgan fingerprint density at radius 2 is 1.51 bits per heavy atom. The van der Waals surface area contributed by atoms with Crippen molar-refractivity contribution in [3.05, 3.63) is 0 Å². The van der Waals surface area contributed by atoms with E-state index in [9.17, 15) is 25.2 Å². The van der Waals surface area contributed by atoms with E-state index in [4.69, 9.17) is 33.2 Å². The number of esters is 1. The smallest absolute Gasteiger partial charge is 0.311 e. The van der Waals surface area contributed by atoms with E-state index in [1.54, 1.807) is 27.7 Å². The quantitative estimate of drug-likeness (QED) is 0.210. The Labute approximate surface area is 317 Å². The highest BCUT2D eigenvalue weighted by molar-refractivity contribution is 5.73. The highest BCUT2D eigenvalue weighted by Gasteiger charge is 2.62. The molecule has 0 aromatic rings. The predicted molar refractivity (Wildman–Crippen MR) is 197 cm³/mol. The Balaban J connectivity index is 1.84. The second kappa shape index (κ2) is 17.2. The Kier molecular flexibility index (Phi) is 14.5. The molecule has 4 saturated heterocycles. The molecule has 0 radical (unpaired) electrons. The Morgan fingerprint density at radius 1 is 0.887 bits per heavy atom. The van der Waals surface area contributed by atoms with E-state index in [2.05, 4.69) is 11.8 Å². The van der Waals surface area contributed by atoms with Crippen molar-refractivity contribution in [3.8, 4) is 0 Å². The van der Waals surface area contributed by atoms with Gasteiger partial charge in [-0.2, -0.15) is 0 Å². The summed E-state index contributed by atoms with van der Waals surface area (Å²) in [5.41, 5.74) is -3.63. The van der Waals surface area contributed by atoms with Crippen molar-refractivity contribution in [3.63, 3.8) is 0 Å². The first-order chi connectivity index (χ1) is 24.5. The lowest BCUT2D eigenvalue weighted by molar-refractivity contribution is -0.318. The molecule has 0 unspecified atom stereocenters. The first-order valence-electron chi connectivity index (χ1n) is 19.7. The molecule has 4 aliphatic heterocycles. The zero-order valence-electron chi connectivity index (χ0n) is 34.7. The van der Waals surface area contributed by atoms with Crippen LogP contribution >= 0.6 is 0 Å². The molecule has 4 fully saturated rings. The normalized spacial score (nSPS) is 50.6. The molecular weight excluding hydrogens is 688 g/mol. The number of likely N-dealkylation sites (N-methyl/N-ethyl adjacent to an activating group) is 1. The number of aliphatic hydroxyl groups is 4. The number of carbonyl (C=O) groups is 1. The van der Waals surface area contributed by atoms with Crippen LogP contribution in [-0.4, -0.2) is 168 Å². The number of methoxy groups -OCH3 is 1. The number of hydrogen-bond acceptors (Lipinski definition) is 14. The number of aliphatic hydroxyl groups excluding tert-OH is 3. The number of rotatable bonds is 8. The van der Waals surface area contributed by atoms with Crippen molar-refractivity contribution in [1.82, 2.24) is 9.80 Å². The van der Waals surface area contributed by atoms with Gasteiger partial charge in [0.25, 0.3) is 0 Å². The Bertz CT molecular complexity index is 1200. The first-order valence-corrected chi connectivity index (χ1v) is 19.7. The second-order valence-electron chi connectivity index (χ2n) is 17.7. The van der Waals surface area contributed by atoms with Gasteiger partial charge in [-0.1, -0.05) is 27.7 Å². The molecule has 0 bridgehead atoms. The van der Waals surface area contributed by atoms with Gasteiger partial charge in [0.05, 0.1) is 54.2 Å². The van der Waals surface area contributed by atoms with E-state index < -0.39 is 89.9 Å². The van der Waals surface area contributed by atoms with E-state index in [-0.39, 0.29) is 49.5 Å². The van der Waals surface area contributed by atoms with Crippen molar-refractivity contribution < 1.29 is 58.4 Å². The summed E-state index contributed by atoms with van der Waals surface area (Å²) in [5, 5.41) is 47.2. The monoisotopic (exact) mass is 761 g/mol. The van der Waals surface area contributed by atoms with Gasteiger partial charge in [-0.05, 0) is 88.0 Å². The lowest BCUT2D eigenvalue weighted by Crippen LogP contribution is -2.61. The van der Waals surface area contributed by atoms with Crippen LogP contribution < -0.4 is 0 Å². The van der Waals surface area contributed by atoms with Gasteiger partial charge in [0.2, 0.25) is 0 Å². The minimum absolute atomic E-state index is 0.161. The van der Waals surface area contributed by atoms with Crippen molar-refractivity contribution >= 4 is 5.97 Å². The summed E-state index contributed by atoms with van der Waals surface area (Å²) in [4.78, 5) is 18.3. The van der Waals surface area contributed by atoms with Crippen molar-refractivity contribution in [1.29, 1.82) is 0 Å². The third kappa shape index (κ3) is 9.26. The molecule has 4 heterocycles. The van der Waals surface area contributed by atoms with E-state index in [1.807, 2.05) is 60.8 Å². The molecule has 0 saturated carbocycles. The third-order valence-electron chi connectivity index (χ3n) is 12.9. The van der Waals surface area contributed by atoms with Crippen LogP contribution in [0.1, 0.15) is 88.0 Å². The predicted octanol–water partition coefficient (Wildman–Crippen LogP) is 2.16. The molecule has 1 spiro atoms. The largest absolute Gasteiger partial charge is 0.459 e. The van der Waals surface area contributed by atoms with Gasteiger partial charge in [0.15, 0.2) is 18.2 Å². The molecule has 4 rings (SSSR count). The summed E-state index contributed by atoms with van der Waals surface area (Å²) in [6, 6.07) is -0.485. The topological polar surface area (TPSA) is 172 Å². The fourth-order valence-corrected chi connectivity index (χ4v) is 9.83. The molecule has 0 aliphatic carbocycles. The highest BCUT2D eigenvalue weighted by Crippen LogP contribution is 2.45.